The number of aromatic nitrogens is 2. The van der Waals surface area contributed by atoms with Crippen molar-refractivity contribution in [2.45, 2.75) is 20.5 Å². The van der Waals surface area contributed by atoms with Crippen molar-refractivity contribution < 1.29 is 9.47 Å². The normalized spacial score (nSPS) is 10.7. The Balaban J connectivity index is 1.58. The Bertz CT molecular complexity index is 1120. The minimum Gasteiger partial charge on any atom is -0.497 e. The second kappa shape index (κ2) is 8.45. The first-order chi connectivity index (χ1) is 14.1. The first-order valence-electron chi connectivity index (χ1n) is 9.39. The van der Waals surface area contributed by atoms with E-state index in [9.17, 15) is 0 Å². The van der Waals surface area contributed by atoms with Crippen LogP contribution in [0.5, 0.6) is 11.5 Å². The number of hydrogen-bond acceptors (Lipinski definition) is 5. The van der Waals surface area contributed by atoms with Crippen molar-refractivity contribution in [1.29, 1.82) is 0 Å². The molecule has 0 aliphatic rings. The molecular weight excluding hydrogens is 380 g/mol. The van der Waals surface area contributed by atoms with Gasteiger partial charge in [-0.05, 0) is 55.8 Å². The van der Waals surface area contributed by atoms with Crippen LogP contribution in [-0.2, 0) is 6.61 Å². The maximum Gasteiger partial charge on any atom is 0.129 e. The molecule has 0 saturated heterocycles. The van der Waals surface area contributed by atoms with Crippen LogP contribution in [0.3, 0.4) is 0 Å². The number of thiophene rings is 1. The molecule has 5 heteroatoms. The summed E-state index contributed by atoms with van der Waals surface area (Å²) in [4.78, 5) is 11.9. The third-order valence-corrected chi connectivity index (χ3v) is 5.64. The highest BCUT2D eigenvalue weighted by Crippen LogP contribution is 2.32. The second-order valence-electron chi connectivity index (χ2n) is 6.73. The summed E-state index contributed by atoms with van der Waals surface area (Å²) in [5, 5.41) is 0. The van der Waals surface area contributed by atoms with E-state index < -0.39 is 0 Å². The van der Waals surface area contributed by atoms with Crippen LogP contribution < -0.4 is 9.47 Å². The molecule has 0 N–H and O–H groups in total. The SMILES string of the molecule is COc1ccc(COc2ccccc2-c2cnc(-c3ccc(C)s3)c(C)n2)cc1. The van der Waals surface area contributed by atoms with Crippen LogP contribution in [0.1, 0.15) is 16.1 Å². The Hall–Kier alpha value is -3.18. The van der Waals surface area contributed by atoms with Gasteiger partial charge in [-0.15, -0.1) is 11.3 Å². The number of aryl methyl sites for hydroxylation is 2. The molecule has 0 amide bonds. The number of benzene rings is 2. The number of hydrogen-bond donors (Lipinski definition) is 0. The van der Waals surface area contributed by atoms with Gasteiger partial charge < -0.3 is 9.47 Å². The Morgan fingerprint density at radius 1 is 0.931 bits per heavy atom. The van der Waals surface area contributed by atoms with Crippen molar-refractivity contribution in [3.05, 3.63) is 83.0 Å². The zero-order valence-corrected chi connectivity index (χ0v) is 17.5. The highest BCUT2D eigenvalue weighted by Gasteiger charge is 2.12. The van der Waals surface area contributed by atoms with Crippen LogP contribution in [0.4, 0.5) is 0 Å². The molecule has 0 radical (unpaired) electrons. The maximum atomic E-state index is 6.10. The Labute approximate surface area is 174 Å². The van der Waals surface area contributed by atoms with E-state index >= 15 is 0 Å². The first kappa shape index (κ1) is 19.2. The number of methoxy groups -OCH3 is 1. The molecule has 0 unspecified atom stereocenters. The smallest absolute Gasteiger partial charge is 0.129 e. The van der Waals surface area contributed by atoms with Crippen LogP contribution in [0.2, 0.25) is 0 Å². The third-order valence-electron chi connectivity index (χ3n) is 4.64. The van der Waals surface area contributed by atoms with Gasteiger partial charge in [0.25, 0.3) is 0 Å². The van der Waals surface area contributed by atoms with Gasteiger partial charge in [0, 0.05) is 10.4 Å². The minimum absolute atomic E-state index is 0.472. The summed E-state index contributed by atoms with van der Waals surface area (Å²) in [6, 6.07) is 20.0. The molecule has 0 saturated carbocycles. The summed E-state index contributed by atoms with van der Waals surface area (Å²) in [5.74, 6) is 1.62. The molecule has 4 aromatic rings. The second-order valence-corrected chi connectivity index (χ2v) is 8.02. The standard InChI is InChI=1S/C24H22N2O2S/c1-16-8-13-23(29-16)24-17(2)26-21(14-25-24)20-6-4-5-7-22(20)28-15-18-9-11-19(27-3)12-10-18/h4-14H,15H2,1-3H3. The Morgan fingerprint density at radius 3 is 2.41 bits per heavy atom. The van der Waals surface area contributed by atoms with Gasteiger partial charge in [-0.25, -0.2) is 4.98 Å². The van der Waals surface area contributed by atoms with Gasteiger partial charge in [0.1, 0.15) is 23.8 Å². The van der Waals surface area contributed by atoms with Crippen molar-refractivity contribution >= 4 is 11.3 Å². The van der Waals surface area contributed by atoms with Crippen LogP contribution in [0.25, 0.3) is 21.8 Å². The number of para-hydroxylation sites is 1. The van der Waals surface area contributed by atoms with Crippen LogP contribution >= 0.6 is 11.3 Å². The van der Waals surface area contributed by atoms with Crippen molar-refractivity contribution in [3.63, 3.8) is 0 Å². The molecule has 146 valence electrons. The van der Waals surface area contributed by atoms with E-state index in [-0.39, 0.29) is 0 Å². The predicted molar refractivity (Wildman–Crippen MR) is 118 cm³/mol. The first-order valence-corrected chi connectivity index (χ1v) is 10.2. The lowest BCUT2D eigenvalue weighted by Crippen LogP contribution is -1.99. The monoisotopic (exact) mass is 402 g/mol. The lowest BCUT2D eigenvalue weighted by Gasteiger charge is -2.12. The zero-order valence-electron chi connectivity index (χ0n) is 16.7. The fraction of sp³-hybridized carbons (Fsp3) is 0.167. The van der Waals surface area contributed by atoms with Gasteiger partial charge in [-0.3, -0.25) is 4.98 Å². The van der Waals surface area contributed by atoms with Crippen LogP contribution in [0.15, 0.2) is 66.9 Å². The minimum atomic E-state index is 0.472. The van der Waals surface area contributed by atoms with Gasteiger partial charge in [0.05, 0.1) is 29.6 Å². The highest BCUT2D eigenvalue weighted by molar-refractivity contribution is 7.15. The van der Waals surface area contributed by atoms with Gasteiger partial charge >= 0.3 is 0 Å². The summed E-state index contributed by atoms with van der Waals surface area (Å²) in [5.41, 5.74) is 4.67. The topological polar surface area (TPSA) is 44.2 Å². The fourth-order valence-corrected chi connectivity index (χ4v) is 4.02. The predicted octanol–water partition coefficient (Wildman–Crippen LogP) is 6.08. The molecule has 0 spiro atoms. The lowest BCUT2D eigenvalue weighted by atomic mass is 10.1. The van der Waals surface area contributed by atoms with Gasteiger partial charge in [0.2, 0.25) is 0 Å². The molecule has 4 nitrogen and oxygen atoms in total. The summed E-state index contributed by atoms with van der Waals surface area (Å²) in [6.45, 7) is 4.57. The van der Waals surface area contributed by atoms with Crippen LogP contribution in [-0.4, -0.2) is 17.1 Å². The van der Waals surface area contributed by atoms with E-state index in [1.807, 2.05) is 61.7 Å². The van der Waals surface area contributed by atoms with Crippen molar-refractivity contribution in [2.75, 3.05) is 7.11 Å². The average molecular weight is 403 g/mol. The van der Waals surface area contributed by atoms with Crippen molar-refractivity contribution in [1.82, 2.24) is 9.97 Å². The average Bonchev–Trinajstić information content (AvgIpc) is 3.18. The fourth-order valence-electron chi connectivity index (χ4n) is 3.10. The molecule has 0 bridgehead atoms. The van der Waals surface area contributed by atoms with Crippen molar-refractivity contribution in [3.8, 4) is 33.3 Å². The molecule has 29 heavy (non-hydrogen) atoms. The molecule has 0 atom stereocenters. The number of rotatable bonds is 6. The maximum absolute atomic E-state index is 6.10. The summed E-state index contributed by atoms with van der Waals surface area (Å²) < 4.78 is 11.3. The van der Waals surface area contributed by atoms with E-state index in [0.717, 1.165) is 44.6 Å². The third kappa shape index (κ3) is 4.30. The number of nitrogens with zero attached hydrogens (tertiary/aromatic N) is 2. The van der Waals surface area contributed by atoms with Gasteiger partial charge in [-0.2, -0.15) is 0 Å². The molecule has 2 heterocycles. The van der Waals surface area contributed by atoms with Crippen molar-refractivity contribution in [2.24, 2.45) is 0 Å². The summed E-state index contributed by atoms with van der Waals surface area (Å²) >= 11 is 1.73. The Kier molecular flexibility index (Phi) is 5.58. The molecule has 0 fully saturated rings. The Morgan fingerprint density at radius 2 is 1.72 bits per heavy atom. The van der Waals surface area contributed by atoms with E-state index in [1.165, 1.54) is 4.88 Å². The highest BCUT2D eigenvalue weighted by atomic mass is 32.1. The van der Waals surface area contributed by atoms with Crippen LogP contribution in [0, 0.1) is 13.8 Å². The lowest BCUT2D eigenvalue weighted by molar-refractivity contribution is 0.307. The molecule has 0 aliphatic carbocycles. The summed E-state index contributed by atoms with van der Waals surface area (Å²) in [7, 11) is 1.66. The quantitative estimate of drug-likeness (QED) is 0.392. The molecule has 2 aromatic heterocycles. The molecule has 2 aromatic carbocycles. The van der Waals surface area contributed by atoms with Gasteiger partial charge in [0.15, 0.2) is 0 Å². The largest absolute Gasteiger partial charge is 0.497 e. The van der Waals surface area contributed by atoms with Gasteiger partial charge in [-0.1, -0.05) is 24.3 Å². The molecule has 4 rings (SSSR count). The zero-order chi connectivity index (χ0) is 20.2. The molecular formula is C24H22N2O2S. The molecule has 0 aliphatic heterocycles. The number of ether oxygens (including phenoxy) is 2. The summed E-state index contributed by atoms with van der Waals surface area (Å²) in [6.07, 6.45) is 1.83. The van der Waals surface area contributed by atoms with E-state index in [0.29, 0.717) is 6.61 Å². The van der Waals surface area contributed by atoms with E-state index in [4.69, 9.17) is 19.4 Å². The van der Waals surface area contributed by atoms with E-state index in [2.05, 4.69) is 19.1 Å². The van der Waals surface area contributed by atoms with E-state index in [1.54, 1.807) is 18.4 Å².